The average molecular weight is 284 g/mol. The number of rotatable bonds is 5. The Morgan fingerprint density at radius 1 is 1.19 bits per heavy atom. The molecule has 0 spiro atoms. The van der Waals surface area contributed by atoms with E-state index in [9.17, 15) is 4.79 Å². The van der Waals surface area contributed by atoms with Crippen molar-refractivity contribution in [2.24, 2.45) is 5.73 Å². The SMILES string of the molecule is NC(COCC(=O)O)c1ccc2[nH]c3ccccc3c2c1. The maximum Gasteiger partial charge on any atom is 0.329 e. The molecule has 4 N–H and O–H groups in total. The quantitative estimate of drug-likeness (QED) is 0.671. The number of aromatic nitrogens is 1. The van der Waals surface area contributed by atoms with Crippen LogP contribution in [-0.4, -0.2) is 29.3 Å². The normalized spacial score (nSPS) is 12.8. The van der Waals surface area contributed by atoms with E-state index in [1.54, 1.807) is 0 Å². The molecule has 0 saturated carbocycles. The standard InChI is InChI=1S/C16H16N2O3/c17-13(8-21-9-16(19)20)10-5-6-15-12(7-10)11-3-1-2-4-14(11)18-15/h1-7,13,18H,8-9,17H2,(H,19,20). The lowest BCUT2D eigenvalue weighted by Gasteiger charge is -2.12. The second kappa shape index (κ2) is 5.55. The molecule has 108 valence electrons. The van der Waals surface area contributed by atoms with E-state index in [-0.39, 0.29) is 19.3 Å². The van der Waals surface area contributed by atoms with E-state index in [4.69, 9.17) is 15.6 Å². The summed E-state index contributed by atoms with van der Waals surface area (Å²) in [4.78, 5) is 13.8. The van der Waals surface area contributed by atoms with Gasteiger partial charge in [0.1, 0.15) is 6.61 Å². The van der Waals surface area contributed by atoms with E-state index in [0.717, 1.165) is 27.4 Å². The Bertz CT molecular complexity index is 794. The van der Waals surface area contributed by atoms with Gasteiger partial charge in [0.15, 0.2) is 0 Å². The minimum absolute atomic E-state index is 0.181. The number of carboxylic acids is 1. The number of hydrogen-bond acceptors (Lipinski definition) is 3. The lowest BCUT2D eigenvalue weighted by Crippen LogP contribution is -2.19. The van der Waals surface area contributed by atoms with Gasteiger partial charge in [0, 0.05) is 21.8 Å². The summed E-state index contributed by atoms with van der Waals surface area (Å²) >= 11 is 0. The summed E-state index contributed by atoms with van der Waals surface area (Å²) in [7, 11) is 0. The third kappa shape index (κ3) is 2.74. The number of carboxylic acid groups (broad SMARTS) is 1. The van der Waals surface area contributed by atoms with Crippen LogP contribution in [0.5, 0.6) is 0 Å². The zero-order valence-electron chi connectivity index (χ0n) is 11.4. The fraction of sp³-hybridized carbons (Fsp3) is 0.188. The Balaban J connectivity index is 1.89. The molecule has 3 aromatic rings. The average Bonchev–Trinajstić information content (AvgIpc) is 2.84. The van der Waals surface area contributed by atoms with Crippen LogP contribution < -0.4 is 5.73 Å². The van der Waals surface area contributed by atoms with Gasteiger partial charge >= 0.3 is 5.97 Å². The molecule has 0 aliphatic heterocycles. The first-order valence-corrected chi connectivity index (χ1v) is 6.70. The molecule has 1 aromatic heterocycles. The minimum atomic E-state index is -0.991. The van der Waals surface area contributed by atoms with E-state index in [2.05, 4.69) is 11.1 Å². The highest BCUT2D eigenvalue weighted by molar-refractivity contribution is 6.07. The number of hydrogen-bond donors (Lipinski definition) is 3. The second-order valence-corrected chi connectivity index (χ2v) is 4.99. The van der Waals surface area contributed by atoms with Crippen LogP contribution in [0, 0.1) is 0 Å². The molecule has 5 heteroatoms. The molecular weight excluding hydrogens is 268 g/mol. The number of ether oxygens (including phenoxy) is 1. The van der Waals surface area contributed by atoms with Gasteiger partial charge in [0.25, 0.3) is 0 Å². The van der Waals surface area contributed by atoms with Crippen molar-refractivity contribution in [2.75, 3.05) is 13.2 Å². The third-order valence-electron chi connectivity index (χ3n) is 3.48. The van der Waals surface area contributed by atoms with E-state index in [0.29, 0.717) is 0 Å². The van der Waals surface area contributed by atoms with Crippen molar-refractivity contribution in [1.29, 1.82) is 0 Å². The van der Waals surface area contributed by atoms with Crippen LogP contribution in [0.1, 0.15) is 11.6 Å². The Morgan fingerprint density at radius 2 is 1.95 bits per heavy atom. The van der Waals surface area contributed by atoms with Crippen molar-refractivity contribution in [3.63, 3.8) is 0 Å². The van der Waals surface area contributed by atoms with Gasteiger partial charge in [0.2, 0.25) is 0 Å². The zero-order valence-corrected chi connectivity index (χ0v) is 11.4. The molecule has 0 amide bonds. The van der Waals surface area contributed by atoms with E-state index in [1.807, 2.05) is 36.4 Å². The van der Waals surface area contributed by atoms with Crippen LogP contribution in [0.25, 0.3) is 21.8 Å². The molecule has 0 saturated heterocycles. The van der Waals surface area contributed by atoms with Gasteiger partial charge < -0.3 is 20.6 Å². The molecule has 2 aromatic carbocycles. The van der Waals surface area contributed by atoms with Crippen LogP contribution in [-0.2, 0) is 9.53 Å². The molecule has 0 radical (unpaired) electrons. The summed E-state index contributed by atoms with van der Waals surface area (Å²) in [5.41, 5.74) is 9.12. The molecule has 3 rings (SSSR count). The molecule has 0 aliphatic rings. The number of aliphatic carboxylic acids is 1. The van der Waals surface area contributed by atoms with Gasteiger partial charge in [-0.05, 0) is 23.8 Å². The Morgan fingerprint density at radius 3 is 2.76 bits per heavy atom. The Labute approximate surface area is 121 Å². The van der Waals surface area contributed by atoms with Crippen molar-refractivity contribution >= 4 is 27.8 Å². The van der Waals surface area contributed by atoms with E-state index < -0.39 is 5.97 Å². The number of nitrogens with one attached hydrogen (secondary N) is 1. The first-order chi connectivity index (χ1) is 10.1. The number of aromatic amines is 1. The molecule has 0 fully saturated rings. The summed E-state index contributed by atoms with van der Waals surface area (Å²) in [5.74, 6) is -0.991. The smallest absolute Gasteiger partial charge is 0.329 e. The van der Waals surface area contributed by atoms with Crippen LogP contribution in [0.2, 0.25) is 0 Å². The van der Waals surface area contributed by atoms with Crippen LogP contribution in [0.15, 0.2) is 42.5 Å². The summed E-state index contributed by atoms with van der Waals surface area (Å²) in [6.07, 6.45) is 0. The third-order valence-corrected chi connectivity index (χ3v) is 3.48. The van der Waals surface area contributed by atoms with Crippen LogP contribution >= 0.6 is 0 Å². The highest BCUT2D eigenvalue weighted by atomic mass is 16.5. The fourth-order valence-corrected chi connectivity index (χ4v) is 2.47. The highest BCUT2D eigenvalue weighted by Crippen LogP contribution is 2.27. The van der Waals surface area contributed by atoms with E-state index >= 15 is 0 Å². The van der Waals surface area contributed by atoms with Crippen molar-refractivity contribution in [2.45, 2.75) is 6.04 Å². The van der Waals surface area contributed by atoms with Crippen molar-refractivity contribution in [1.82, 2.24) is 4.98 Å². The number of fused-ring (bicyclic) bond motifs is 3. The largest absolute Gasteiger partial charge is 0.480 e. The first-order valence-electron chi connectivity index (χ1n) is 6.70. The zero-order chi connectivity index (χ0) is 14.8. The molecule has 21 heavy (non-hydrogen) atoms. The Hall–Kier alpha value is -2.37. The van der Waals surface area contributed by atoms with Crippen molar-refractivity contribution < 1.29 is 14.6 Å². The number of nitrogens with two attached hydrogens (primary N) is 1. The summed E-state index contributed by atoms with van der Waals surface area (Å²) in [6.45, 7) is -0.150. The van der Waals surface area contributed by atoms with Crippen LogP contribution in [0.4, 0.5) is 0 Å². The number of H-pyrrole nitrogens is 1. The van der Waals surface area contributed by atoms with Gasteiger partial charge in [0.05, 0.1) is 12.6 Å². The van der Waals surface area contributed by atoms with Gasteiger partial charge in [-0.15, -0.1) is 0 Å². The minimum Gasteiger partial charge on any atom is -0.480 e. The summed E-state index contributed by atoms with van der Waals surface area (Å²) in [5, 5.41) is 10.8. The van der Waals surface area contributed by atoms with Gasteiger partial charge in [-0.3, -0.25) is 0 Å². The Kier molecular flexibility index (Phi) is 3.60. The molecular formula is C16H16N2O3. The summed E-state index contributed by atoms with van der Waals surface area (Å²) in [6, 6.07) is 13.7. The highest BCUT2D eigenvalue weighted by Gasteiger charge is 2.10. The topological polar surface area (TPSA) is 88.3 Å². The van der Waals surface area contributed by atoms with Crippen molar-refractivity contribution in [3.05, 3.63) is 48.0 Å². The lowest BCUT2D eigenvalue weighted by molar-refractivity contribution is -0.142. The molecule has 1 unspecified atom stereocenters. The maximum absolute atomic E-state index is 10.4. The van der Waals surface area contributed by atoms with Gasteiger partial charge in [-0.25, -0.2) is 4.79 Å². The monoisotopic (exact) mass is 284 g/mol. The number of para-hydroxylation sites is 1. The molecule has 1 atom stereocenters. The van der Waals surface area contributed by atoms with Crippen molar-refractivity contribution in [3.8, 4) is 0 Å². The van der Waals surface area contributed by atoms with Crippen LogP contribution in [0.3, 0.4) is 0 Å². The predicted octanol–water partition coefficient (Wildman–Crippen LogP) is 2.42. The fourth-order valence-electron chi connectivity index (χ4n) is 2.47. The predicted molar refractivity (Wildman–Crippen MR) is 81.2 cm³/mol. The van der Waals surface area contributed by atoms with E-state index in [1.165, 1.54) is 0 Å². The molecule has 1 heterocycles. The number of benzene rings is 2. The molecule has 5 nitrogen and oxygen atoms in total. The molecule has 0 aliphatic carbocycles. The summed E-state index contributed by atoms with van der Waals surface area (Å²) < 4.78 is 5.06. The second-order valence-electron chi connectivity index (χ2n) is 4.99. The maximum atomic E-state index is 10.4. The van der Waals surface area contributed by atoms with Gasteiger partial charge in [-0.2, -0.15) is 0 Å². The van der Waals surface area contributed by atoms with Gasteiger partial charge in [-0.1, -0.05) is 24.3 Å². The number of carbonyl (C=O) groups is 1. The molecule has 0 bridgehead atoms. The first kappa shape index (κ1) is 13.6. The lowest BCUT2D eigenvalue weighted by atomic mass is 10.0.